The number of nitrogens with zero attached hydrogens (tertiary/aromatic N) is 2. The molecule has 0 atom stereocenters. The number of hydrogen-bond acceptors (Lipinski definition) is 3. The first-order valence-electron chi connectivity index (χ1n) is 9.65. The van der Waals surface area contributed by atoms with Crippen LogP contribution in [0, 0.1) is 0 Å². The fraction of sp³-hybridized carbons (Fsp3) is 0.455. The standard InChI is InChI=1S/C22H30N2O3/c1-27-21-13-11-19(12-14-21)8-6-9-20(17-24-16-15-23-18-24)7-4-2-3-5-10-22(25)26/h7,11-16,18H,2-6,8-10,17H2,1H3,(H,25,26)/b20-7-. The van der Waals surface area contributed by atoms with E-state index in [2.05, 4.69) is 27.8 Å². The molecule has 1 aromatic heterocycles. The van der Waals surface area contributed by atoms with Gasteiger partial charge in [0, 0.05) is 25.4 Å². The predicted octanol–water partition coefficient (Wildman–Crippen LogP) is 4.88. The summed E-state index contributed by atoms with van der Waals surface area (Å²) < 4.78 is 7.31. The van der Waals surface area contributed by atoms with Gasteiger partial charge in [-0.15, -0.1) is 0 Å². The van der Waals surface area contributed by atoms with E-state index in [1.807, 2.05) is 24.7 Å². The SMILES string of the molecule is COc1ccc(CCC/C(=C/CCCCCC(=O)O)Cn2ccnc2)cc1. The fourth-order valence-electron chi connectivity index (χ4n) is 3.08. The third kappa shape index (κ3) is 8.58. The summed E-state index contributed by atoms with van der Waals surface area (Å²) in [6.45, 7) is 0.873. The van der Waals surface area contributed by atoms with Gasteiger partial charge in [0.25, 0.3) is 0 Å². The van der Waals surface area contributed by atoms with Crippen molar-refractivity contribution < 1.29 is 14.6 Å². The summed E-state index contributed by atoms with van der Waals surface area (Å²) >= 11 is 0. The molecule has 1 N–H and O–H groups in total. The number of benzene rings is 1. The third-order valence-corrected chi connectivity index (χ3v) is 4.60. The minimum atomic E-state index is -0.704. The van der Waals surface area contributed by atoms with Crippen LogP contribution in [0.5, 0.6) is 5.75 Å². The molecule has 0 saturated heterocycles. The largest absolute Gasteiger partial charge is 0.497 e. The van der Waals surface area contributed by atoms with Gasteiger partial charge in [-0.25, -0.2) is 4.98 Å². The second kappa shape index (κ2) is 11.9. The first-order chi connectivity index (χ1) is 13.2. The van der Waals surface area contributed by atoms with Gasteiger partial charge < -0.3 is 14.4 Å². The van der Waals surface area contributed by atoms with Gasteiger partial charge in [-0.05, 0) is 56.2 Å². The molecular weight excluding hydrogens is 340 g/mol. The molecule has 1 aromatic carbocycles. The molecule has 146 valence electrons. The van der Waals surface area contributed by atoms with Gasteiger partial charge in [-0.2, -0.15) is 0 Å². The number of aliphatic carboxylic acids is 1. The number of carboxylic acids is 1. The summed E-state index contributed by atoms with van der Waals surface area (Å²) in [5.41, 5.74) is 2.74. The van der Waals surface area contributed by atoms with E-state index in [-0.39, 0.29) is 6.42 Å². The zero-order valence-corrected chi connectivity index (χ0v) is 16.1. The maximum atomic E-state index is 10.6. The van der Waals surface area contributed by atoms with Gasteiger partial charge in [0.15, 0.2) is 0 Å². The topological polar surface area (TPSA) is 64.3 Å². The Morgan fingerprint density at radius 3 is 2.63 bits per heavy atom. The number of imidazole rings is 1. The van der Waals surface area contributed by atoms with Crippen LogP contribution in [0.4, 0.5) is 0 Å². The molecule has 0 spiro atoms. The Labute approximate surface area is 161 Å². The lowest BCUT2D eigenvalue weighted by molar-refractivity contribution is -0.137. The van der Waals surface area contributed by atoms with Gasteiger partial charge in [0.2, 0.25) is 0 Å². The van der Waals surface area contributed by atoms with Crippen LogP contribution in [0.25, 0.3) is 0 Å². The number of hydrogen-bond donors (Lipinski definition) is 1. The van der Waals surface area contributed by atoms with Crippen LogP contribution in [0.3, 0.4) is 0 Å². The Morgan fingerprint density at radius 1 is 1.15 bits per heavy atom. The Balaban J connectivity index is 1.79. The zero-order valence-electron chi connectivity index (χ0n) is 16.1. The first-order valence-corrected chi connectivity index (χ1v) is 9.65. The third-order valence-electron chi connectivity index (χ3n) is 4.60. The number of aryl methyl sites for hydroxylation is 1. The van der Waals surface area contributed by atoms with Crippen molar-refractivity contribution in [2.75, 3.05) is 7.11 Å². The van der Waals surface area contributed by atoms with Crippen molar-refractivity contribution in [3.05, 3.63) is 60.2 Å². The molecule has 0 fully saturated rings. The molecule has 0 aliphatic heterocycles. The molecule has 2 rings (SSSR count). The van der Waals surface area contributed by atoms with E-state index < -0.39 is 5.97 Å². The maximum Gasteiger partial charge on any atom is 0.303 e. The van der Waals surface area contributed by atoms with Crippen LogP contribution in [0.1, 0.15) is 50.5 Å². The Bertz CT molecular complexity index is 691. The lowest BCUT2D eigenvalue weighted by atomic mass is 10.0. The number of allylic oxidation sites excluding steroid dienone is 2. The molecule has 0 bridgehead atoms. The smallest absolute Gasteiger partial charge is 0.303 e. The minimum absolute atomic E-state index is 0.271. The van der Waals surface area contributed by atoms with E-state index in [1.165, 1.54) is 11.1 Å². The van der Waals surface area contributed by atoms with Crippen LogP contribution >= 0.6 is 0 Å². The number of ether oxygens (including phenoxy) is 1. The van der Waals surface area contributed by atoms with Crippen molar-refractivity contribution in [2.24, 2.45) is 0 Å². The highest BCUT2D eigenvalue weighted by Crippen LogP contribution is 2.17. The predicted molar refractivity (Wildman–Crippen MR) is 107 cm³/mol. The summed E-state index contributed by atoms with van der Waals surface area (Å²) in [5.74, 6) is 0.187. The summed E-state index contributed by atoms with van der Waals surface area (Å²) in [6.07, 6.45) is 15.2. The summed E-state index contributed by atoms with van der Waals surface area (Å²) in [6, 6.07) is 8.27. The summed E-state index contributed by atoms with van der Waals surface area (Å²) in [7, 11) is 1.68. The maximum absolute atomic E-state index is 10.6. The lowest BCUT2D eigenvalue weighted by Gasteiger charge is -2.10. The van der Waals surface area contributed by atoms with Crippen molar-refractivity contribution in [3.63, 3.8) is 0 Å². The van der Waals surface area contributed by atoms with Crippen molar-refractivity contribution in [3.8, 4) is 5.75 Å². The Morgan fingerprint density at radius 2 is 1.96 bits per heavy atom. The van der Waals surface area contributed by atoms with Crippen molar-refractivity contribution >= 4 is 5.97 Å². The molecule has 5 nitrogen and oxygen atoms in total. The molecule has 0 radical (unpaired) electrons. The highest BCUT2D eigenvalue weighted by Gasteiger charge is 2.02. The van der Waals surface area contributed by atoms with E-state index in [0.717, 1.165) is 57.2 Å². The first kappa shape index (κ1) is 20.7. The van der Waals surface area contributed by atoms with E-state index in [9.17, 15) is 4.79 Å². The molecule has 0 unspecified atom stereocenters. The molecule has 2 aromatic rings. The molecule has 27 heavy (non-hydrogen) atoms. The number of aromatic nitrogens is 2. The number of methoxy groups -OCH3 is 1. The second-order valence-electron chi connectivity index (χ2n) is 6.79. The van der Waals surface area contributed by atoms with E-state index in [0.29, 0.717) is 0 Å². The van der Waals surface area contributed by atoms with Crippen LogP contribution in [-0.4, -0.2) is 27.7 Å². The molecule has 1 heterocycles. The van der Waals surface area contributed by atoms with Gasteiger partial charge in [0.05, 0.1) is 13.4 Å². The molecular formula is C22H30N2O3. The van der Waals surface area contributed by atoms with E-state index in [1.54, 1.807) is 13.3 Å². The number of rotatable bonds is 13. The average molecular weight is 370 g/mol. The quantitative estimate of drug-likeness (QED) is 0.403. The second-order valence-corrected chi connectivity index (χ2v) is 6.79. The highest BCUT2D eigenvalue weighted by atomic mass is 16.5. The molecule has 5 heteroatoms. The monoisotopic (exact) mass is 370 g/mol. The van der Waals surface area contributed by atoms with Crippen molar-refractivity contribution in [2.45, 2.75) is 57.9 Å². The van der Waals surface area contributed by atoms with Crippen molar-refractivity contribution in [1.29, 1.82) is 0 Å². The fourth-order valence-corrected chi connectivity index (χ4v) is 3.08. The van der Waals surface area contributed by atoms with Crippen molar-refractivity contribution in [1.82, 2.24) is 9.55 Å². The van der Waals surface area contributed by atoms with Crippen LogP contribution < -0.4 is 4.74 Å². The number of carbonyl (C=O) groups is 1. The summed E-state index contributed by atoms with van der Waals surface area (Å²) in [5, 5.41) is 8.69. The highest BCUT2D eigenvalue weighted by molar-refractivity contribution is 5.66. The Hall–Kier alpha value is -2.56. The van der Waals surface area contributed by atoms with Crippen LogP contribution in [0.2, 0.25) is 0 Å². The molecule has 0 saturated carbocycles. The molecule has 0 amide bonds. The molecule has 0 aliphatic rings. The minimum Gasteiger partial charge on any atom is -0.497 e. The van der Waals surface area contributed by atoms with Gasteiger partial charge >= 0.3 is 5.97 Å². The van der Waals surface area contributed by atoms with Crippen LogP contribution in [-0.2, 0) is 17.8 Å². The lowest BCUT2D eigenvalue weighted by Crippen LogP contribution is -2.00. The zero-order chi connectivity index (χ0) is 19.3. The van der Waals surface area contributed by atoms with Gasteiger partial charge in [-0.3, -0.25) is 4.79 Å². The van der Waals surface area contributed by atoms with Crippen LogP contribution in [0.15, 0.2) is 54.6 Å². The number of carboxylic acid groups (broad SMARTS) is 1. The average Bonchev–Trinajstić information content (AvgIpc) is 3.17. The van der Waals surface area contributed by atoms with E-state index in [4.69, 9.17) is 9.84 Å². The van der Waals surface area contributed by atoms with Gasteiger partial charge in [0.1, 0.15) is 5.75 Å². The van der Waals surface area contributed by atoms with Gasteiger partial charge in [-0.1, -0.05) is 30.2 Å². The Kier molecular flexibility index (Phi) is 9.18. The normalized spacial score (nSPS) is 11.5. The summed E-state index contributed by atoms with van der Waals surface area (Å²) in [4.78, 5) is 14.7. The van der Waals surface area contributed by atoms with E-state index >= 15 is 0 Å². The number of unbranched alkanes of at least 4 members (excludes halogenated alkanes) is 3. The molecule has 0 aliphatic carbocycles.